The van der Waals surface area contributed by atoms with E-state index in [4.69, 9.17) is 0 Å². The van der Waals surface area contributed by atoms with Gasteiger partial charge >= 0.3 is 0 Å². The predicted molar refractivity (Wildman–Crippen MR) is 121 cm³/mol. The highest BCUT2D eigenvalue weighted by Gasteiger charge is 2.59. The number of carbonyl (C=O) groups excluding carboxylic acids is 1. The topological polar surface area (TPSA) is 42.0 Å². The second kappa shape index (κ2) is 7.35. The Morgan fingerprint density at radius 1 is 1.17 bits per heavy atom. The Balaban J connectivity index is 1.43. The molecule has 30 heavy (non-hydrogen) atoms. The second-order valence-corrected chi connectivity index (χ2v) is 10.7. The van der Waals surface area contributed by atoms with E-state index in [0.29, 0.717) is 23.3 Å². The van der Waals surface area contributed by atoms with Gasteiger partial charge in [-0.2, -0.15) is 0 Å². The van der Waals surface area contributed by atoms with Crippen LogP contribution in [0.4, 0.5) is 0 Å². The Labute approximate surface area is 181 Å². The molecule has 0 spiro atoms. The van der Waals surface area contributed by atoms with Crippen molar-refractivity contribution in [1.29, 1.82) is 0 Å². The van der Waals surface area contributed by atoms with Crippen LogP contribution in [0.3, 0.4) is 0 Å². The molecule has 1 amide bonds. The van der Waals surface area contributed by atoms with Gasteiger partial charge in [-0.1, -0.05) is 38.5 Å². The number of nitrogens with one attached hydrogen (secondary N) is 1. The van der Waals surface area contributed by atoms with Crippen molar-refractivity contribution in [3.63, 3.8) is 0 Å². The highest BCUT2D eigenvalue weighted by molar-refractivity contribution is 5.89. The van der Waals surface area contributed by atoms with E-state index in [1.54, 1.807) is 11.6 Å². The highest BCUT2D eigenvalue weighted by atomic mass is 16.1. The first-order chi connectivity index (χ1) is 14.5. The zero-order chi connectivity index (χ0) is 20.9. The van der Waals surface area contributed by atoms with Gasteiger partial charge in [0, 0.05) is 17.7 Å². The highest BCUT2D eigenvalue weighted by Crippen LogP contribution is 2.66. The number of fused-ring (bicyclic) bond motifs is 5. The molecule has 1 aromatic rings. The number of allylic oxidation sites excluding steroid dienone is 1. The molecule has 3 saturated carbocycles. The van der Waals surface area contributed by atoms with Crippen molar-refractivity contribution in [2.45, 2.75) is 71.8 Å². The van der Waals surface area contributed by atoms with E-state index in [2.05, 4.69) is 55.4 Å². The summed E-state index contributed by atoms with van der Waals surface area (Å²) < 4.78 is 0. The number of hydrogen-bond acceptors (Lipinski definition) is 2. The van der Waals surface area contributed by atoms with Gasteiger partial charge in [0.25, 0.3) is 0 Å². The lowest BCUT2D eigenvalue weighted by molar-refractivity contribution is -0.122. The number of carbonyl (C=O) groups is 1. The zero-order valence-corrected chi connectivity index (χ0v) is 18.7. The van der Waals surface area contributed by atoms with Gasteiger partial charge in [-0.15, -0.1) is 0 Å². The first kappa shape index (κ1) is 20.0. The van der Waals surface area contributed by atoms with Gasteiger partial charge in [0.15, 0.2) is 0 Å². The van der Waals surface area contributed by atoms with Crippen LogP contribution in [0.1, 0.15) is 71.4 Å². The largest absolute Gasteiger partial charge is 0.349 e. The molecule has 1 N–H and O–H groups in total. The van der Waals surface area contributed by atoms with Gasteiger partial charge in [0.2, 0.25) is 5.91 Å². The van der Waals surface area contributed by atoms with E-state index in [0.717, 1.165) is 30.4 Å². The SMILES string of the molecule is CC/C(=C\c1ccccn1)[C@H]1CC[C@H]2[C@@H]3CC[C@H]4NC(=O)C=C[C@]4(C)[C@H]3CC[C@]12C. The molecular formula is C27H36N2O. The van der Waals surface area contributed by atoms with Crippen LogP contribution in [0.2, 0.25) is 0 Å². The molecule has 0 bridgehead atoms. The summed E-state index contributed by atoms with van der Waals surface area (Å²) in [5.41, 5.74) is 3.24. The molecule has 4 aliphatic rings. The van der Waals surface area contributed by atoms with Gasteiger partial charge in [0.05, 0.1) is 5.69 Å². The first-order valence-electron chi connectivity index (χ1n) is 12.1. The summed E-state index contributed by atoms with van der Waals surface area (Å²) >= 11 is 0. The third-order valence-electron chi connectivity index (χ3n) is 9.56. The molecule has 160 valence electrons. The van der Waals surface area contributed by atoms with Gasteiger partial charge in [-0.3, -0.25) is 9.78 Å². The molecule has 1 aliphatic heterocycles. The number of aromatic nitrogens is 1. The molecule has 0 saturated heterocycles. The minimum atomic E-state index is 0.102. The van der Waals surface area contributed by atoms with Crippen molar-refractivity contribution in [1.82, 2.24) is 10.3 Å². The van der Waals surface area contributed by atoms with Gasteiger partial charge < -0.3 is 5.32 Å². The lowest BCUT2D eigenvalue weighted by Crippen LogP contribution is -2.59. The minimum Gasteiger partial charge on any atom is -0.349 e. The standard InChI is InChI=1S/C27H36N2O/c1-4-18(17-19-7-5-6-16-28-19)21-9-10-22-20-8-11-24-27(3,15-13-25(30)29-24)23(20)12-14-26(21,22)2/h5-7,13,15-17,20-24H,4,8-12,14H2,1-3H3,(H,29,30)/b18-17+/t20-,21+,22-,23-,24+,26+,27+/m0/s1. The van der Waals surface area contributed by atoms with E-state index < -0.39 is 0 Å². The first-order valence-corrected chi connectivity index (χ1v) is 12.1. The summed E-state index contributed by atoms with van der Waals surface area (Å²) in [4.78, 5) is 16.5. The maximum Gasteiger partial charge on any atom is 0.243 e. The van der Waals surface area contributed by atoms with Crippen molar-refractivity contribution in [3.05, 3.63) is 47.8 Å². The zero-order valence-electron chi connectivity index (χ0n) is 18.7. The molecule has 0 aromatic carbocycles. The van der Waals surface area contributed by atoms with Crippen LogP contribution in [-0.4, -0.2) is 16.9 Å². The van der Waals surface area contributed by atoms with E-state index in [9.17, 15) is 4.79 Å². The monoisotopic (exact) mass is 404 g/mol. The summed E-state index contributed by atoms with van der Waals surface area (Å²) in [7, 11) is 0. The summed E-state index contributed by atoms with van der Waals surface area (Å²) in [6.07, 6.45) is 17.2. The van der Waals surface area contributed by atoms with E-state index in [-0.39, 0.29) is 11.3 Å². The second-order valence-electron chi connectivity index (χ2n) is 10.7. The summed E-state index contributed by atoms with van der Waals surface area (Å²) in [5, 5.41) is 3.28. The number of amides is 1. The van der Waals surface area contributed by atoms with Crippen molar-refractivity contribution < 1.29 is 4.79 Å². The fraction of sp³-hybridized carbons (Fsp3) is 0.630. The Morgan fingerprint density at radius 3 is 2.80 bits per heavy atom. The van der Waals surface area contributed by atoms with E-state index in [1.165, 1.54) is 32.1 Å². The van der Waals surface area contributed by atoms with Crippen LogP contribution in [0.15, 0.2) is 42.1 Å². The van der Waals surface area contributed by atoms with Gasteiger partial charge in [0.1, 0.15) is 0 Å². The molecule has 3 aliphatic carbocycles. The van der Waals surface area contributed by atoms with Crippen molar-refractivity contribution in [3.8, 4) is 0 Å². The normalized spacial score (nSPS) is 42.8. The maximum atomic E-state index is 11.9. The van der Waals surface area contributed by atoms with Crippen LogP contribution < -0.4 is 5.32 Å². The lowest BCUT2D eigenvalue weighted by atomic mass is 9.47. The Bertz CT molecular complexity index is 874. The predicted octanol–water partition coefficient (Wildman–Crippen LogP) is 5.79. The molecule has 7 atom stereocenters. The number of nitrogens with zero attached hydrogens (tertiary/aromatic N) is 1. The number of hydrogen-bond donors (Lipinski definition) is 1. The molecule has 0 radical (unpaired) electrons. The third kappa shape index (κ3) is 2.99. The molecule has 3 fully saturated rings. The molecular weight excluding hydrogens is 368 g/mol. The molecule has 3 heteroatoms. The molecule has 3 nitrogen and oxygen atoms in total. The van der Waals surface area contributed by atoms with Crippen LogP contribution >= 0.6 is 0 Å². The van der Waals surface area contributed by atoms with Crippen molar-refractivity contribution >= 4 is 12.0 Å². The molecule has 1 aromatic heterocycles. The lowest BCUT2D eigenvalue weighted by Gasteiger charge is -2.59. The van der Waals surface area contributed by atoms with E-state index >= 15 is 0 Å². The number of rotatable bonds is 3. The smallest absolute Gasteiger partial charge is 0.243 e. The van der Waals surface area contributed by atoms with Crippen molar-refractivity contribution in [2.24, 2.45) is 34.5 Å². The quantitative estimate of drug-likeness (QED) is 0.693. The Hall–Kier alpha value is -1.90. The summed E-state index contributed by atoms with van der Waals surface area (Å²) in [5.74, 6) is 3.09. The van der Waals surface area contributed by atoms with E-state index in [1.807, 2.05) is 12.3 Å². The average molecular weight is 405 g/mol. The summed E-state index contributed by atoms with van der Waals surface area (Å²) in [6, 6.07) is 6.54. The fourth-order valence-corrected chi connectivity index (χ4v) is 8.04. The number of pyridine rings is 1. The molecule has 0 unspecified atom stereocenters. The van der Waals surface area contributed by atoms with Crippen LogP contribution in [-0.2, 0) is 4.79 Å². The Morgan fingerprint density at radius 2 is 2.03 bits per heavy atom. The minimum absolute atomic E-state index is 0.102. The van der Waals surface area contributed by atoms with Crippen LogP contribution in [0.25, 0.3) is 6.08 Å². The van der Waals surface area contributed by atoms with Crippen molar-refractivity contribution in [2.75, 3.05) is 0 Å². The van der Waals surface area contributed by atoms with Crippen LogP contribution in [0, 0.1) is 34.5 Å². The average Bonchev–Trinajstić information content (AvgIpc) is 3.10. The summed E-state index contributed by atoms with van der Waals surface area (Å²) in [6.45, 7) is 7.33. The molecule has 2 heterocycles. The molecule has 5 rings (SSSR count). The third-order valence-corrected chi connectivity index (χ3v) is 9.56. The maximum absolute atomic E-state index is 11.9. The van der Waals surface area contributed by atoms with Gasteiger partial charge in [-0.25, -0.2) is 0 Å². The fourth-order valence-electron chi connectivity index (χ4n) is 8.04. The van der Waals surface area contributed by atoms with Crippen LogP contribution in [0.5, 0.6) is 0 Å². The Kier molecular flexibility index (Phi) is 4.91. The van der Waals surface area contributed by atoms with Gasteiger partial charge in [-0.05, 0) is 98.3 Å².